The Balaban J connectivity index is 1.78. The molecule has 0 spiro atoms. The summed E-state index contributed by atoms with van der Waals surface area (Å²) in [5, 5.41) is 0. The second-order valence-electron chi connectivity index (χ2n) is 7.12. The second-order valence-corrected chi connectivity index (χ2v) is 12.3. The third kappa shape index (κ3) is 3.15. The molecule has 1 saturated heterocycles. The number of hydrogen-bond acceptors (Lipinski definition) is 3. The zero-order chi connectivity index (χ0) is 20.4. The van der Waals surface area contributed by atoms with Gasteiger partial charge < -0.3 is 0 Å². The summed E-state index contributed by atoms with van der Waals surface area (Å²) >= 11 is 1.79. The molecule has 1 aliphatic rings. The molecule has 0 amide bonds. The first-order chi connectivity index (χ1) is 14.8. The molecular formula is C26H20OS3. The van der Waals surface area contributed by atoms with E-state index in [2.05, 4.69) is 72.8 Å². The van der Waals surface area contributed by atoms with Gasteiger partial charge in [0, 0.05) is 0 Å². The predicted molar refractivity (Wildman–Crippen MR) is 131 cm³/mol. The van der Waals surface area contributed by atoms with Crippen molar-refractivity contribution < 1.29 is 4.21 Å². The van der Waals surface area contributed by atoms with Crippen LogP contribution in [-0.4, -0.2) is 4.21 Å². The van der Waals surface area contributed by atoms with Gasteiger partial charge >= 0.3 is 0 Å². The van der Waals surface area contributed by atoms with Crippen LogP contribution in [0.1, 0.15) is 22.3 Å². The topological polar surface area (TPSA) is 17.1 Å². The minimum absolute atomic E-state index is 0.473. The van der Waals surface area contributed by atoms with Gasteiger partial charge in [-0.05, 0) is 33.0 Å². The largest absolute Gasteiger partial charge is 0.246 e. The molecule has 1 heterocycles. The molecule has 4 aromatic rings. The lowest BCUT2D eigenvalue weighted by molar-refractivity contribution is 0.685. The minimum Gasteiger partial charge on any atom is -0.246 e. The first-order valence-electron chi connectivity index (χ1n) is 9.79. The number of hydrogen-bond donors (Lipinski definition) is 0. The van der Waals surface area contributed by atoms with E-state index in [9.17, 15) is 4.21 Å². The van der Waals surface area contributed by atoms with E-state index in [1.807, 2.05) is 48.5 Å². The summed E-state index contributed by atoms with van der Waals surface area (Å²) in [6.45, 7) is 0. The molecule has 1 atom stereocenters. The lowest BCUT2D eigenvalue weighted by Crippen LogP contribution is -2.26. The molecule has 1 nitrogen and oxygen atoms in total. The number of thioether (sulfide) groups is 1. The monoisotopic (exact) mass is 444 g/mol. The summed E-state index contributed by atoms with van der Waals surface area (Å²) in [6, 6.07) is 41.5. The average molecular weight is 445 g/mol. The summed E-state index contributed by atoms with van der Waals surface area (Å²) in [6.07, 6.45) is 0. The normalized spacial score (nSPS) is 19.4. The van der Waals surface area contributed by atoms with Crippen molar-refractivity contribution in [3.8, 4) is 0 Å². The lowest BCUT2D eigenvalue weighted by atomic mass is 10.0. The van der Waals surface area contributed by atoms with Crippen molar-refractivity contribution in [1.29, 1.82) is 0 Å². The van der Waals surface area contributed by atoms with Crippen molar-refractivity contribution in [3.05, 3.63) is 144 Å². The molecule has 0 N–H and O–H groups in total. The van der Waals surface area contributed by atoms with E-state index in [0.717, 1.165) is 22.3 Å². The molecule has 0 saturated carbocycles. The third-order valence-electron chi connectivity index (χ3n) is 5.33. The second kappa shape index (κ2) is 8.10. The van der Waals surface area contributed by atoms with Crippen LogP contribution >= 0.6 is 22.6 Å². The molecule has 0 bridgehead atoms. The van der Waals surface area contributed by atoms with Gasteiger partial charge in [0.2, 0.25) is 0 Å². The molecule has 1 unspecified atom stereocenters. The van der Waals surface area contributed by atoms with E-state index in [4.69, 9.17) is 0 Å². The van der Waals surface area contributed by atoms with Crippen LogP contribution in [0.15, 0.2) is 121 Å². The molecular weight excluding hydrogens is 424 g/mol. The predicted octanol–water partition coefficient (Wildman–Crippen LogP) is 6.93. The molecule has 1 fully saturated rings. The van der Waals surface area contributed by atoms with Gasteiger partial charge in [-0.15, -0.1) is 11.8 Å². The zero-order valence-electron chi connectivity index (χ0n) is 16.2. The van der Waals surface area contributed by atoms with Crippen molar-refractivity contribution in [2.45, 2.75) is 8.16 Å². The molecule has 0 aliphatic carbocycles. The fourth-order valence-electron chi connectivity index (χ4n) is 3.91. The Bertz CT molecular complexity index is 1070. The molecule has 30 heavy (non-hydrogen) atoms. The highest BCUT2D eigenvalue weighted by atomic mass is 33.1. The highest BCUT2D eigenvalue weighted by Gasteiger charge is 2.59. The van der Waals surface area contributed by atoms with Crippen LogP contribution in [0, 0.1) is 0 Å². The van der Waals surface area contributed by atoms with Gasteiger partial charge in [0.15, 0.2) is 4.08 Å². The fourth-order valence-corrected chi connectivity index (χ4v) is 11.7. The Kier molecular flexibility index (Phi) is 5.32. The first-order valence-corrected chi connectivity index (χ1v) is 13.1. The van der Waals surface area contributed by atoms with Crippen LogP contribution in [0.4, 0.5) is 0 Å². The van der Waals surface area contributed by atoms with Gasteiger partial charge in [0.25, 0.3) is 0 Å². The van der Waals surface area contributed by atoms with Gasteiger partial charge in [0.1, 0.15) is 13.9 Å². The van der Waals surface area contributed by atoms with E-state index in [-0.39, 0.29) is 0 Å². The highest BCUT2D eigenvalue weighted by molar-refractivity contribution is 8.76. The van der Waals surface area contributed by atoms with Gasteiger partial charge in [0.05, 0.1) is 0 Å². The number of benzene rings is 4. The molecule has 1 aliphatic heterocycles. The van der Waals surface area contributed by atoms with E-state index < -0.39 is 18.0 Å². The fraction of sp³-hybridized carbons (Fsp3) is 0.0769. The van der Waals surface area contributed by atoms with Crippen LogP contribution < -0.4 is 0 Å². The highest BCUT2D eigenvalue weighted by Crippen LogP contribution is 2.71. The van der Waals surface area contributed by atoms with Crippen LogP contribution in [0.3, 0.4) is 0 Å². The Morgan fingerprint density at radius 3 is 1.20 bits per heavy atom. The Hall–Kier alpha value is -2.27. The standard InChI is InChI=1S/C26H20OS3/c27-30-26(23-17-9-3-10-18-23,24-19-11-4-12-20-24)28-25(29-30,21-13-5-1-6-14-21)22-15-7-2-8-16-22/h1-20H. The van der Waals surface area contributed by atoms with Crippen LogP contribution in [0.2, 0.25) is 0 Å². The van der Waals surface area contributed by atoms with Gasteiger partial charge in [-0.25, -0.2) is 4.21 Å². The smallest absolute Gasteiger partial charge is 0.153 e. The van der Waals surface area contributed by atoms with Gasteiger partial charge in [-0.1, -0.05) is 121 Å². The van der Waals surface area contributed by atoms with E-state index in [1.54, 1.807) is 22.6 Å². The summed E-state index contributed by atoms with van der Waals surface area (Å²) in [7, 11) is 0.339. The number of rotatable bonds is 4. The van der Waals surface area contributed by atoms with Crippen molar-refractivity contribution >= 4 is 32.4 Å². The Morgan fingerprint density at radius 1 is 0.500 bits per heavy atom. The maximum Gasteiger partial charge on any atom is 0.153 e. The first kappa shape index (κ1) is 19.7. The SMILES string of the molecule is O=S1SC(c2ccccc2)(c2ccccc2)SC1(c1ccccc1)c1ccccc1. The quantitative estimate of drug-likeness (QED) is 0.318. The van der Waals surface area contributed by atoms with Crippen LogP contribution in [0.5, 0.6) is 0 Å². The van der Waals surface area contributed by atoms with Crippen molar-refractivity contribution in [1.82, 2.24) is 0 Å². The summed E-state index contributed by atoms with van der Waals surface area (Å²) in [5.41, 5.74) is 4.46. The maximum atomic E-state index is 14.1. The van der Waals surface area contributed by atoms with Crippen LogP contribution in [0.25, 0.3) is 0 Å². The van der Waals surface area contributed by atoms with E-state index >= 15 is 0 Å². The molecule has 148 valence electrons. The Morgan fingerprint density at radius 2 is 0.833 bits per heavy atom. The lowest BCUT2D eigenvalue weighted by Gasteiger charge is -2.32. The Labute approximate surface area is 187 Å². The average Bonchev–Trinajstić information content (AvgIpc) is 3.16. The summed E-state index contributed by atoms with van der Waals surface area (Å²) in [4.78, 5) is 0. The molecule has 0 aromatic heterocycles. The van der Waals surface area contributed by atoms with Crippen molar-refractivity contribution in [3.63, 3.8) is 0 Å². The van der Waals surface area contributed by atoms with Crippen molar-refractivity contribution in [2.75, 3.05) is 0 Å². The zero-order valence-corrected chi connectivity index (χ0v) is 18.6. The summed E-state index contributed by atoms with van der Waals surface area (Å²) in [5.74, 6) is 0. The molecule has 5 rings (SSSR count). The van der Waals surface area contributed by atoms with E-state index in [1.165, 1.54) is 0 Å². The van der Waals surface area contributed by atoms with Gasteiger partial charge in [-0.2, -0.15) is 0 Å². The molecule has 4 heteroatoms. The maximum absolute atomic E-state index is 14.1. The van der Waals surface area contributed by atoms with Gasteiger partial charge in [-0.3, -0.25) is 0 Å². The van der Waals surface area contributed by atoms with Crippen LogP contribution in [-0.2, 0) is 18.0 Å². The summed E-state index contributed by atoms with van der Waals surface area (Å²) < 4.78 is 13.0. The minimum atomic E-state index is -1.21. The third-order valence-corrected chi connectivity index (χ3v) is 12.4. The van der Waals surface area contributed by atoms with Crippen molar-refractivity contribution in [2.24, 2.45) is 0 Å². The molecule has 4 aromatic carbocycles. The molecule has 0 radical (unpaired) electrons. The van der Waals surface area contributed by atoms with E-state index in [0.29, 0.717) is 0 Å².